The lowest BCUT2D eigenvalue weighted by molar-refractivity contribution is -0.131. The van der Waals surface area contributed by atoms with Crippen molar-refractivity contribution in [1.82, 2.24) is 4.90 Å². The number of benzene rings is 2. The Morgan fingerprint density at radius 3 is 2.81 bits per heavy atom. The van der Waals surface area contributed by atoms with Crippen molar-refractivity contribution in [3.8, 4) is 0 Å². The number of carbonyl (C=O) groups excluding carboxylic acids is 2. The second-order valence-electron chi connectivity index (χ2n) is 6.54. The van der Waals surface area contributed by atoms with Gasteiger partial charge in [-0.3, -0.25) is 9.59 Å². The Balaban J connectivity index is 1.58. The van der Waals surface area contributed by atoms with Gasteiger partial charge in [-0.25, -0.2) is 4.39 Å². The maximum atomic E-state index is 13.9. The zero-order valence-electron chi connectivity index (χ0n) is 14.5. The normalized spacial score (nSPS) is 16.0. The quantitative estimate of drug-likeness (QED) is 0.859. The molecule has 0 saturated heterocycles. The van der Waals surface area contributed by atoms with E-state index in [-0.39, 0.29) is 30.7 Å². The molecule has 0 fully saturated rings. The van der Waals surface area contributed by atoms with E-state index in [2.05, 4.69) is 5.32 Å². The lowest BCUT2D eigenvalue weighted by Gasteiger charge is -2.25. The number of halogens is 2. The SMILES string of the molecule is CN(Cc1c(F)cccc1Cl)C(=O)CC[C@@H]1Cc2ccccc2NC1=O. The van der Waals surface area contributed by atoms with Gasteiger partial charge in [-0.2, -0.15) is 0 Å². The van der Waals surface area contributed by atoms with Gasteiger partial charge in [0.1, 0.15) is 5.82 Å². The molecule has 0 aromatic heterocycles. The summed E-state index contributed by atoms with van der Waals surface area (Å²) < 4.78 is 13.9. The van der Waals surface area contributed by atoms with Crippen LogP contribution >= 0.6 is 11.6 Å². The Morgan fingerprint density at radius 2 is 2.04 bits per heavy atom. The van der Waals surface area contributed by atoms with Crippen LogP contribution in [0.2, 0.25) is 5.02 Å². The highest BCUT2D eigenvalue weighted by atomic mass is 35.5. The first kappa shape index (κ1) is 18.4. The Kier molecular flexibility index (Phi) is 5.57. The van der Waals surface area contributed by atoms with Gasteiger partial charge in [0.05, 0.1) is 0 Å². The Labute approximate surface area is 157 Å². The van der Waals surface area contributed by atoms with Crippen molar-refractivity contribution in [2.45, 2.75) is 25.8 Å². The molecule has 1 atom stereocenters. The third-order valence-corrected chi connectivity index (χ3v) is 5.06. The summed E-state index contributed by atoms with van der Waals surface area (Å²) in [5, 5.41) is 3.19. The molecule has 26 heavy (non-hydrogen) atoms. The monoisotopic (exact) mass is 374 g/mol. The van der Waals surface area contributed by atoms with E-state index in [4.69, 9.17) is 11.6 Å². The van der Waals surface area contributed by atoms with Crippen LogP contribution in [0.1, 0.15) is 24.0 Å². The van der Waals surface area contributed by atoms with E-state index in [0.29, 0.717) is 23.4 Å². The number of anilines is 1. The summed E-state index contributed by atoms with van der Waals surface area (Å²) >= 11 is 6.01. The van der Waals surface area contributed by atoms with Crippen molar-refractivity contribution in [1.29, 1.82) is 0 Å². The predicted molar refractivity (Wildman–Crippen MR) is 99.4 cm³/mol. The van der Waals surface area contributed by atoms with E-state index in [1.54, 1.807) is 13.1 Å². The number of hydrogen-bond donors (Lipinski definition) is 1. The van der Waals surface area contributed by atoms with E-state index < -0.39 is 5.82 Å². The van der Waals surface area contributed by atoms with Crippen LogP contribution < -0.4 is 5.32 Å². The number of amides is 2. The molecule has 2 aromatic carbocycles. The highest BCUT2D eigenvalue weighted by Gasteiger charge is 2.26. The zero-order chi connectivity index (χ0) is 18.7. The summed E-state index contributed by atoms with van der Waals surface area (Å²) in [5.74, 6) is -0.869. The van der Waals surface area contributed by atoms with E-state index in [1.165, 1.54) is 17.0 Å². The topological polar surface area (TPSA) is 49.4 Å². The average molecular weight is 375 g/mol. The minimum absolute atomic E-state index is 0.0590. The number of hydrogen-bond acceptors (Lipinski definition) is 2. The third kappa shape index (κ3) is 4.05. The molecule has 0 spiro atoms. The first-order valence-corrected chi connectivity index (χ1v) is 8.89. The van der Waals surface area contributed by atoms with Gasteiger partial charge >= 0.3 is 0 Å². The maximum absolute atomic E-state index is 13.9. The molecular weight excluding hydrogens is 355 g/mol. The first-order valence-electron chi connectivity index (χ1n) is 8.51. The second-order valence-corrected chi connectivity index (χ2v) is 6.94. The molecule has 0 unspecified atom stereocenters. The van der Waals surface area contributed by atoms with Crippen molar-refractivity contribution < 1.29 is 14.0 Å². The molecule has 4 nitrogen and oxygen atoms in total. The van der Waals surface area contributed by atoms with Crippen LogP contribution in [0.4, 0.5) is 10.1 Å². The molecule has 1 N–H and O–H groups in total. The summed E-state index contributed by atoms with van der Waals surface area (Å²) in [4.78, 5) is 26.1. The van der Waals surface area contributed by atoms with Gasteiger partial charge in [-0.1, -0.05) is 35.9 Å². The van der Waals surface area contributed by atoms with Crippen molar-refractivity contribution in [3.63, 3.8) is 0 Å². The number of carbonyl (C=O) groups is 2. The number of nitrogens with zero attached hydrogens (tertiary/aromatic N) is 1. The zero-order valence-corrected chi connectivity index (χ0v) is 15.2. The van der Waals surface area contributed by atoms with Gasteiger partial charge in [-0.15, -0.1) is 0 Å². The molecular formula is C20H20ClFN2O2. The minimum atomic E-state index is -0.430. The molecule has 3 rings (SSSR count). The molecule has 2 aromatic rings. The van der Waals surface area contributed by atoms with Crippen LogP contribution in [0.15, 0.2) is 42.5 Å². The van der Waals surface area contributed by atoms with Gasteiger partial charge in [0.25, 0.3) is 0 Å². The van der Waals surface area contributed by atoms with Crippen LogP contribution in [-0.2, 0) is 22.6 Å². The third-order valence-electron chi connectivity index (χ3n) is 4.70. The molecule has 2 amide bonds. The molecule has 1 heterocycles. The predicted octanol–water partition coefficient (Wildman–Crippen LogP) is 4.03. The largest absolute Gasteiger partial charge is 0.341 e. The smallest absolute Gasteiger partial charge is 0.227 e. The average Bonchev–Trinajstić information content (AvgIpc) is 2.62. The van der Waals surface area contributed by atoms with E-state index in [9.17, 15) is 14.0 Å². The Hall–Kier alpha value is -2.40. The fraction of sp³-hybridized carbons (Fsp3) is 0.300. The minimum Gasteiger partial charge on any atom is -0.341 e. The Morgan fingerprint density at radius 1 is 1.27 bits per heavy atom. The van der Waals surface area contributed by atoms with Crippen LogP contribution in [0.3, 0.4) is 0 Å². The summed E-state index contributed by atoms with van der Waals surface area (Å²) in [5.41, 5.74) is 2.22. The van der Waals surface area contributed by atoms with Gasteiger partial charge in [0.2, 0.25) is 11.8 Å². The first-order chi connectivity index (χ1) is 12.5. The number of nitrogens with one attached hydrogen (secondary N) is 1. The van der Waals surface area contributed by atoms with E-state index >= 15 is 0 Å². The molecule has 0 aliphatic carbocycles. The van der Waals surface area contributed by atoms with Crippen molar-refractivity contribution in [3.05, 3.63) is 64.4 Å². The number of para-hydroxylation sites is 1. The Bertz CT molecular complexity index is 820. The fourth-order valence-corrected chi connectivity index (χ4v) is 3.37. The summed E-state index contributed by atoms with van der Waals surface area (Å²) in [6.45, 7) is 0.101. The van der Waals surface area contributed by atoms with Crippen LogP contribution in [-0.4, -0.2) is 23.8 Å². The van der Waals surface area contributed by atoms with Gasteiger partial charge in [0.15, 0.2) is 0 Å². The molecule has 0 radical (unpaired) electrons. The highest BCUT2D eigenvalue weighted by molar-refractivity contribution is 6.31. The van der Waals surface area contributed by atoms with Crippen molar-refractivity contribution in [2.75, 3.05) is 12.4 Å². The summed E-state index contributed by atoms with van der Waals surface area (Å²) in [6, 6.07) is 12.1. The number of fused-ring (bicyclic) bond motifs is 1. The molecule has 6 heteroatoms. The molecule has 136 valence electrons. The second kappa shape index (κ2) is 7.87. The highest BCUT2D eigenvalue weighted by Crippen LogP contribution is 2.28. The summed E-state index contributed by atoms with van der Waals surface area (Å²) in [7, 11) is 1.61. The lowest BCUT2D eigenvalue weighted by Crippen LogP contribution is -2.32. The summed E-state index contributed by atoms with van der Waals surface area (Å²) in [6.07, 6.45) is 1.30. The van der Waals surface area contributed by atoms with Crippen molar-refractivity contribution >= 4 is 29.1 Å². The van der Waals surface area contributed by atoms with Gasteiger partial charge in [0, 0.05) is 42.2 Å². The maximum Gasteiger partial charge on any atom is 0.227 e. The van der Waals surface area contributed by atoms with E-state index in [1.807, 2.05) is 24.3 Å². The van der Waals surface area contributed by atoms with Crippen molar-refractivity contribution in [2.24, 2.45) is 5.92 Å². The van der Waals surface area contributed by atoms with Crippen LogP contribution in [0.25, 0.3) is 0 Å². The fourth-order valence-electron chi connectivity index (χ4n) is 3.14. The van der Waals surface area contributed by atoms with Gasteiger partial charge < -0.3 is 10.2 Å². The van der Waals surface area contributed by atoms with Crippen LogP contribution in [0.5, 0.6) is 0 Å². The van der Waals surface area contributed by atoms with E-state index in [0.717, 1.165) is 11.3 Å². The molecule has 1 aliphatic heterocycles. The lowest BCUT2D eigenvalue weighted by atomic mass is 9.89. The van der Waals surface area contributed by atoms with Gasteiger partial charge in [-0.05, 0) is 36.6 Å². The molecule has 0 saturated carbocycles. The number of rotatable bonds is 5. The molecule has 0 bridgehead atoms. The molecule has 1 aliphatic rings. The van der Waals surface area contributed by atoms with Crippen LogP contribution in [0, 0.1) is 11.7 Å². The standard InChI is InChI=1S/C20H20ClFN2O2/c1-24(12-15-16(21)6-4-7-17(15)22)19(25)10-9-14-11-13-5-2-3-8-18(13)23-20(14)26/h2-8,14H,9-12H2,1H3,(H,23,26)/t14-/m1/s1.